The quantitative estimate of drug-likeness (QED) is 0.710. The van der Waals surface area contributed by atoms with Crippen molar-refractivity contribution in [2.24, 2.45) is 5.92 Å². The number of halogens is 1. The van der Waals surface area contributed by atoms with Crippen molar-refractivity contribution < 1.29 is 4.79 Å². The predicted molar refractivity (Wildman–Crippen MR) is 99.9 cm³/mol. The molecule has 1 heterocycles. The van der Waals surface area contributed by atoms with E-state index in [0.29, 0.717) is 11.8 Å². The van der Waals surface area contributed by atoms with Gasteiger partial charge >= 0.3 is 0 Å². The average molecular weight is 384 g/mol. The first kappa shape index (κ1) is 15.9. The molecule has 24 heavy (non-hydrogen) atoms. The molecule has 3 atom stereocenters. The van der Waals surface area contributed by atoms with Gasteiger partial charge in [0.1, 0.15) is 0 Å². The Balaban J connectivity index is 1.49. The van der Waals surface area contributed by atoms with Crippen LogP contribution in [0.3, 0.4) is 0 Å². The van der Waals surface area contributed by atoms with Gasteiger partial charge in [-0.15, -0.1) is 0 Å². The molecule has 0 N–H and O–H groups in total. The molecule has 0 aromatic heterocycles. The molecule has 2 nitrogen and oxygen atoms in total. The van der Waals surface area contributed by atoms with Gasteiger partial charge in [-0.3, -0.25) is 4.79 Å². The van der Waals surface area contributed by atoms with Crippen molar-refractivity contribution in [2.45, 2.75) is 38.1 Å². The van der Waals surface area contributed by atoms with Crippen LogP contribution in [0.5, 0.6) is 0 Å². The van der Waals surface area contributed by atoms with Crippen LogP contribution < -0.4 is 0 Å². The summed E-state index contributed by atoms with van der Waals surface area (Å²) in [4.78, 5) is 15.2. The van der Waals surface area contributed by atoms with Crippen LogP contribution in [0.15, 0.2) is 53.0 Å². The number of hydrogen-bond donors (Lipinski definition) is 0. The summed E-state index contributed by atoms with van der Waals surface area (Å²) in [5.74, 6) is 0.938. The van der Waals surface area contributed by atoms with Gasteiger partial charge in [0.2, 0.25) is 5.91 Å². The first-order valence-electron chi connectivity index (χ1n) is 8.76. The van der Waals surface area contributed by atoms with Gasteiger partial charge in [-0.1, -0.05) is 57.9 Å². The molecule has 1 aliphatic carbocycles. The summed E-state index contributed by atoms with van der Waals surface area (Å²) in [6, 6.07) is 17.3. The lowest BCUT2D eigenvalue weighted by molar-refractivity contribution is -0.133. The molecule has 2 fully saturated rings. The zero-order valence-corrected chi connectivity index (χ0v) is 15.5. The summed E-state index contributed by atoms with van der Waals surface area (Å²) in [5, 5.41) is 0. The molecule has 3 heteroatoms. The van der Waals surface area contributed by atoms with Gasteiger partial charge in [0, 0.05) is 16.9 Å². The van der Waals surface area contributed by atoms with Gasteiger partial charge in [0.05, 0.1) is 6.04 Å². The van der Waals surface area contributed by atoms with E-state index in [4.69, 9.17) is 0 Å². The smallest absolute Gasteiger partial charge is 0.226 e. The minimum absolute atomic E-state index is 0.177. The van der Waals surface area contributed by atoms with Crippen molar-refractivity contribution in [3.05, 3.63) is 69.7 Å². The number of nitrogens with zero attached hydrogens (tertiary/aromatic N) is 1. The van der Waals surface area contributed by atoms with E-state index in [-0.39, 0.29) is 12.0 Å². The Hall–Kier alpha value is -1.61. The van der Waals surface area contributed by atoms with Gasteiger partial charge in [0.25, 0.3) is 0 Å². The monoisotopic (exact) mass is 383 g/mol. The fourth-order valence-corrected chi connectivity index (χ4v) is 4.28. The molecular formula is C21H22BrNO. The summed E-state index contributed by atoms with van der Waals surface area (Å²) in [6.07, 6.45) is 3.20. The van der Waals surface area contributed by atoms with Crippen LogP contribution in [0.2, 0.25) is 0 Å². The first-order valence-corrected chi connectivity index (χ1v) is 9.55. The number of likely N-dealkylation sites (tertiary alicyclic amines) is 1. The molecule has 1 saturated carbocycles. The molecule has 3 unspecified atom stereocenters. The number of benzene rings is 2. The fourth-order valence-electron chi connectivity index (χ4n) is 4.01. The van der Waals surface area contributed by atoms with Gasteiger partial charge in [-0.05, 0) is 55.4 Å². The van der Waals surface area contributed by atoms with Gasteiger partial charge in [-0.2, -0.15) is 0 Å². The topological polar surface area (TPSA) is 20.3 Å². The molecule has 124 valence electrons. The normalized spacial score (nSPS) is 25.8. The van der Waals surface area contributed by atoms with Crippen LogP contribution in [-0.4, -0.2) is 17.4 Å². The predicted octanol–water partition coefficient (Wildman–Crippen LogP) is 5.22. The Kier molecular flexibility index (Phi) is 4.21. The maximum Gasteiger partial charge on any atom is 0.226 e. The average Bonchev–Trinajstić information content (AvgIpc) is 3.22. The van der Waals surface area contributed by atoms with Crippen LogP contribution >= 0.6 is 15.9 Å². The van der Waals surface area contributed by atoms with Crippen LogP contribution in [-0.2, 0) is 4.79 Å². The van der Waals surface area contributed by atoms with Gasteiger partial charge in [-0.25, -0.2) is 0 Å². The molecule has 2 aromatic rings. The van der Waals surface area contributed by atoms with E-state index < -0.39 is 0 Å². The Bertz CT molecular complexity index is 755. The number of rotatable bonds is 3. The minimum atomic E-state index is 0.177. The molecule has 2 aromatic carbocycles. The van der Waals surface area contributed by atoms with Crippen molar-refractivity contribution in [1.29, 1.82) is 0 Å². The summed E-state index contributed by atoms with van der Waals surface area (Å²) in [6.45, 7) is 3.02. The van der Waals surface area contributed by atoms with Crippen molar-refractivity contribution in [1.82, 2.24) is 4.90 Å². The van der Waals surface area contributed by atoms with Crippen molar-refractivity contribution >= 4 is 21.8 Å². The Labute approximate surface area is 152 Å². The van der Waals surface area contributed by atoms with Crippen LogP contribution in [0.1, 0.15) is 47.9 Å². The molecule has 2 aliphatic rings. The third kappa shape index (κ3) is 3.02. The van der Waals surface area contributed by atoms with Gasteiger partial charge in [0.15, 0.2) is 0 Å². The zero-order chi connectivity index (χ0) is 16.7. The van der Waals surface area contributed by atoms with E-state index in [0.717, 1.165) is 30.3 Å². The van der Waals surface area contributed by atoms with E-state index >= 15 is 0 Å². The van der Waals surface area contributed by atoms with Crippen LogP contribution in [0.25, 0.3) is 0 Å². The van der Waals surface area contributed by atoms with Crippen LogP contribution in [0, 0.1) is 12.8 Å². The van der Waals surface area contributed by atoms with E-state index in [1.807, 2.05) is 0 Å². The van der Waals surface area contributed by atoms with E-state index in [1.165, 1.54) is 16.7 Å². The highest BCUT2D eigenvalue weighted by atomic mass is 79.9. The van der Waals surface area contributed by atoms with E-state index in [2.05, 4.69) is 76.3 Å². The summed E-state index contributed by atoms with van der Waals surface area (Å²) >= 11 is 3.48. The number of carbonyl (C=O) groups is 1. The van der Waals surface area contributed by atoms with E-state index in [1.54, 1.807) is 0 Å². The molecule has 0 bridgehead atoms. The Morgan fingerprint density at radius 2 is 1.92 bits per heavy atom. The second-order valence-corrected chi connectivity index (χ2v) is 8.02. The van der Waals surface area contributed by atoms with E-state index in [9.17, 15) is 4.79 Å². The molecule has 1 amide bonds. The van der Waals surface area contributed by atoms with Crippen molar-refractivity contribution in [3.63, 3.8) is 0 Å². The molecule has 0 radical (unpaired) electrons. The maximum absolute atomic E-state index is 13.0. The zero-order valence-electron chi connectivity index (χ0n) is 13.9. The molecule has 0 spiro atoms. The molecule has 1 aliphatic heterocycles. The molecule has 1 saturated heterocycles. The first-order chi connectivity index (χ1) is 11.6. The minimum Gasteiger partial charge on any atom is -0.335 e. The highest BCUT2D eigenvalue weighted by molar-refractivity contribution is 9.10. The molecular weight excluding hydrogens is 362 g/mol. The lowest BCUT2D eigenvalue weighted by Crippen LogP contribution is -2.32. The SMILES string of the molecule is Cc1cccc(C2CCCN2C(=O)C2CC2c2ccc(Br)cc2)c1. The fraction of sp³-hybridized carbons (Fsp3) is 0.381. The standard InChI is InChI=1S/C21H22BrNO/c1-14-4-2-5-16(12-14)20-6-3-11-23(20)21(24)19-13-18(19)15-7-9-17(22)10-8-15/h2,4-5,7-10,12,18-20H,3,6,11,13H2,1H3. The maximum atomic E-state index is 13.0. The second-order valence-electron chi connectivity index (χ2n) is 7.10. The van der Waals surface area contributed by atoms with Crippen molar-refractivity contribution in [3.8, 4) is 0 Å². The third-order valence-corrected chi connectivity index (χ3v) is 5.90. The number of aryl methyl sites for hydroxylation is 1. The van der Waals surface area contributed by atoms with Crippen molar-refractivity contribution in [2.75, 3.05) is 6.54 Å². The van der Waals surface area contributed by atoms with Crippen LogP contribution in [0.4, 0.5) is 0 Å². The third-order valence-electron chi connectivity index (χ3n) is 5.37. The highest BCUT2D eigenvalue weighted by Gasteiger charge is 2.47. The summed E-state index contributed by atoms with van der Waals surface area (Å²) < 4.78 is 1.09. The largest absolute Gasteiger partial charge is 0.335 e. The number of amides is 1. The highest BCUT2D eigenvalue weighted by Crippen LogP contribution is 2.50. The lowest BCUT2D eigenvalue weighted by Gasteiger charge is -2.25. The summed E-state index contributed by atoms with van der Waals surface area (Å²) in [7, 11) is 0. The lowest BCUT2D eigenvalue weighted by atomic mass is 10.0. The Morgan fingerprint density at radius 3 is 2.67 bits per heavy atom. The summed E-state index contributed by atoms with van der Waals surface area (Å²) in [5.41, 5.74) is 3.86. The Morgan fingerprint density at radius 1 is 1.12 bits per heavy atom. The molecule has 4 rings (SSSR count). The second kappa shape index (κ2) is 6.36. The van der Waals surface area contributed by atoms with Gasteiger partial charge < -0.3 is 4.90 Å². The number of hydrogen-bond acceptors (Lipinski definition) is 1. The number of carbonyl (C=O) groups excluding carboxylic acids is 1.